The third kappa shape index (κ3) is 1.61. The van der Waals surface area contributed by atoms with Gasteiger partial charge in [-0.15, -0.1) is 0 Å². The van der Waals surface area contributed by atoms with Gasteiger partial charge in [-0.1, -0.05) is 18.2 Å². The van der Waals surface area contributed by atoms with Gasteiger partial charge in [0.15, 0.2) is 0 Å². The third-order valence-corrected chi connectivity index (χ3v) is 3.93. The predicted molar refractivity (Wildman–Crippen MR) is 68.0 cm³/mol. The Balaban J connectivity index is 1.84. The van der Waals surface area contributed by atoms with E-state index in [9.17, 15) is 0 Å². The molecule has 2 nitrogen and oxygen atoms in total. The van der Waals surface area contributed by atoms with Crippen LogP contribution in [0.15, 0.2) is 24.3 Å². The molecule has 2 aliphatic heterocycles. The zero-order chi connectivity index (χ0) is 11.2. The topological polar surface area (TPSA) is 15.3 Å². The Kier molecular flexibility index (Phi) is 2.21. The molecule has 1 aromatic carbocycles. The number of anilines is 1. The van der Waals surface area contributed by atoms with E-state index in [4.69, 9.17) is 0 Å². The molecule has 1 aromatic rings. The van der Waals surface area contributed by atoms with Crippen LogP contribution in [-0.4, -0.2) is 24.7 Å². The quantitative estimate of drug-likeness (QED) is 0.774. The number of hydrogen-bond acceptors (Lipinski definition) is 2. The SMILES string of the molecule is CC1(C)CC(N2CCc3ccccc32)CN1. The maximum Gasteiger partial charge on any atom is 0.0432 e. The van der Waals surface area contributed by atoms with E-state index in [-0.39, 0.29) is 0 Å². The van der Waals surface area contributed by atoms with Crippen molar-refractivity contribution in [3.05, 3.63) is 29.8 Å². The molecule has 1 fully saturated rings. The van der Waals surface area contributed by atoms with Crippen LogP contribution in [-0.2, 0) is 6.42 Å². The predicted octanol–water partition coefficient (Wildman–Crippen LogP) is 2.19. The van der Waals surface area contributed by atoms with Crippen LogP contribution in [0.4, 0.5) is 5.69 Å². The number of fused-ring (bicyclic) bond motifs is 1. The van der Waals surface area contributed by atoms with Crippen molar-refractivity contribution in [3.63, 3.8) is 0 Å². The second kappa shape index (κ2) is 3.49. The molecule has 2 aliphatic rings. The molecule has 1 unspecified atom stereocenters. The molecule has 0 aromatic heterocycles. The summed E-state index contributed by atoms with van der Waals surface area (Å²) in [5.74, 6) is 0. The lowest BCUT2D eigenvalue weighted by atomic mass is 10.0. The van der Waals surface area contributed by atoms with Gasteiger partial charge in [-0.05, 0) is 38.3 Å². The number of hydrogen-bond donors (Lipinski definition) is 1. The van der Waals surface area contributed by atoms with Crippen molar-refractivity contribution in [2.75, 3.05) is 18.0 Å². The lowest BCUT2D eigenvalue weighted by Gasteiger charge is -2.27. The maximum atomic E-state index is 3.61. The van der Waals surface area contributed by atoms with Gasteiger partial charge in [0.25, 0.3) is 0 Å². The van der Waals surface area contributed by atoms with Crippen molar-refractivity contribution in [1.82, 2.24) is 5.32 Å². The molecule has 0 radical (unpaired) electrons. The van der Waals surface area contributed by atoms with Gasteiger partial charge in [0.1, 0.15) is 0 Å². The van der Waals surface area contributed by atoms with Gasteiger partial charge in [-0.3, -0.25) is 0 Å². The number of nitrogens with zero attached hydrogens (tertiary/aromatic N) is 1. The third-order valence-electron chi connectivity index (χ3n) is 3.93. The van der Waals surface area contributed by atoms with E-state index in [1.54, 1.807) is 0 Å². The summed E-state index contributed by atoms with van der Waals surface area (Å²) in [5.41, 5.74) is 3.29. The first-order valence-corrected chi connectivity index (χ1v) is 6.25. The van der Waals surface area contributed by atoms with Gasteiger partial charge in [0.05, 0.1) is 0 Å². The number of benzene rings is 1. The first kappa shape index (κ1) is 10.2. The van der Waals surface area contributed by atoms with E-state index >= 15 is 0 Å². The van der Waals surface area contributed by atoms with Crippen LogP contribution in [0.5, 0.6) is 0 Å². The highest BCUT2D eigenvalue weighted by molar-refractivity contribution is 5.58. The molecular weight excluding hydrogens is 196 g/mol. The molecule has 1 atom stereocenters. The molecule has 0 aliphatic carbocycles. The minimum atomic E-state index is 0.308. The summed E-state index contributed by atoms with van der Waals surface area (Å²) in [7, 11) is 0. The molecule has 1 N–H and O–H groups in total. The molecule has 16 heavy (non-hydrogen) atoms. The summed E-state index contributed by atoms with van der Waals surface area (Å²) in [4.78, 5) is 2.59. The standard InChI is InChI=1S/C14H20N2/c1-14(2)9-12(10-15-14)16-8-7-11-5-3-4-6-13(11)16/h3-6,12,15H,7-10H2,1-2H3. The molecule has 2 heterocycles. The van der Waals surface area contributed by atoms with Crippen LogP contribution < -0.4 is 10.2 Å². The Morgan fingerprint density at radius 2 is 2.12 bits per heavy atom. The fraction of sp³-hybridized carbons (Fsp3) is 0.571. The molecule has 86 valence electrons. The number of nitrogens with one attached hydrogen (secondary N) is 1. The van der Waals surface area contributed by atoms with Crippen molar-refractivity contribution >= 4 is 5.69 Å². The second-order valence-corrected chi connectivity index (χ2v) is 5.69. The van der Waals surface area contributed by atoms with E-state index in [0.29, 0.717) is 11.6 Å². The maximum absolute atomic E-state index is 3.61. The van der Waals surface area contributed by atoms with E-state index in [2.05, 4.69) is 48.3 Å². The fourth-order valence-corrected chi connectivity index (χ4v) is 3.09. The normalized spacial score (nSPS) is 27.1. The summed E-state index contributed by atoms with van der Waals surface area (Å²) < 4.78 is 0. The number of para-hydroxylation sites is 1. The molecule has 0 amide bonds. The van der Waals surface area contributed by atoms with Crippen molar-refractivity contribution < 1.29 is 0 Å². The van der Waals surface area contributed by atoms with Gasteiger partial charge >= 0.3 is 0 Å². The Hall–Kier alpha value is -1.02. The van der Waals surface area contributed by atoms with Crippen LogP contribution >= 0.6 is 0 Å². The Bertz CT molecular complexity index is 397. The Morgan fingerprint density at radius 3 is 2.88 bits per heavy atom. The molecule has 0 spiro atoms. The van der Waals surface area contributed by atoms with Crippen LogP contribution in [0.1, 0.15) is 25.8 Å². The van der Waals surface area contributed by atoms with Gasteiger partial charge in [0.2, 0.25) is 0 Å². The van der Waals surface area contributed by atoms with E-state index in [1.807, 2.05) is 0 Å². The summed E-state index contributed by atoms with van der Waals surface area (Å²) in [6.07, 6.45) is 2.47. The molecule has 2 heteroatoms. The Morgan fingerprint density at radius 1 is 1.31 bits per heavy atom. The van der Waals surface area contributed by atoms with Crippen LogP contribution in [0.25, 0.3) is 0 Å². The zero-order valence-corrected chi connectivity index (χ0v) is 10.2. The van der Waals surface area contributed by atoms with Gasteiger partial charge < -0.3 is 10.2 Å². The van der Waals surface area contributed by atoms with Crippen LogP contribution in [0.2, 0.25) is 0 Å². The smallest absolute Gasteiger partial charge is 0.0432 e. The molecule has 0 bridgehead atoms. The molecular formula is C14H20N2. The van der Waals surface area contributed by atoms with Gasteiger partial charge in [-0.25, -0.2) is 0 Å². The van der Waals surface area contributed by atoms with E-state index in [0.717, 1.165) is 6.54 Å². The fourth-order valence-electron chi connectivity index (χ4n) is 3.09. The lowest BCUT2D eigenvalue weighted by Crippen LogP contribution is -2.35. The van der Waals surface area contributed by atoms with Crippen LogP contribution in [0, 0.1) is 0 Å². The largest absolute Gasteiger partial charge is 0.367 e. The van der Waals surface area contributed by atoms with Crippen molar-refractivity contribution in [2.45, 2.75) is 38.3 Å². The lowest BCUT2D eigenvalue weighted by molar-refractivity contribution is 0.453. The van der Waals surface area contributed by atoms with Gasteiger partial charge in [-0.2, -0.15) is 0 Å². The average Bonchev–Trinajstić information content (AvgIpc) is 2.81. The van der Waals surface area contributed by atoms with E-state index < -0.39 is 0 Å². The molecule has 1 saturated heterocycles. The van der Waals surface area contributed by atoms with Crippen LogP contribution in [0.3, 0.4) is 0 Å². The minimum Gasteiger partial charge on any atom is -0.367 e. The summed E-state index contributed by atoms with van der Waals surface area (Å²) in [5, 5.41) is 3.61. The Labute approximate surface area is 97.6 Å². The highest BCUT2D eigenvalue weighted by Gasteiger charge is 2.35. The van der Waals surface area contributed by atoms with E-state index in [1.165, 1.54) is 30.6 Å². The minimum absolute atomic E-state index is 0.308. The highest BCUT2D eigenvalue weighted by Crippen LogP contribution is 2.33. The van der Waals surface area contributed by atoms with Gasteiger partial charge in [0, 0.05) is 30.4 Å². The summed E-state index contributed by atoms with van der Waals surface area (Å²) in [6, 6.07) is 9.53. The van der Waals surface area contributed by atoms with Crippen molar-refractivity contribution in [2.24, 2.45) is 0 Å². The number of rotatable bonds is 1. The molecule has 0 saturated carbocycles. The van der Waals surface area contributed by atoms with Crippen molar-refractivity contribution in [3.8, 4) is 0 Å². The first-order valence-electron chi connectivity index (χ1n) is 6.25. The summed E-state index contributed by atoms with van der Waals surface area (Å²) in [6.45, 7) is 6.92. The highest BCUT2D eigenvalue weighted by atomic mass is 15.2. The zero-order valence-electron chi connectivity index (χ0n) is 10.2. The van der Waals surface area contributed by atoms with Crippen molar-refractivity contribution in [1.29, 1.82) is 0 Å². The monoisotopic (exact) mass is 216 g/mol. The molecule has 3 rings (SSSR count). The average molecular weight is 216 g/mol. The first-order chi connectivity index (χ1) is 7.66. The second-order valence-electron chi connectivity index (χ2n) is 5.69. The summed E-state index contributed by atoms with van der Waals surface area (Å²) >= 11 is 0.